The minimum absolute atomic E-state index is 0.521. The van der Waals surface area contributed by atoms with Crippen molar-refractivity contribution >= 4 is 0 Å². The Balaban J connectivity index is 2.43. The van der Waals surface area contributed by atoms with Gasteiger partial charge in [0.15, 0.2) is 0 Å². The highest BCUT2D eigenvalue weighted by atomic mass is 14.5. The molecule has 0 spiro atoms. The van der Waals surface area contributed by atoms with Crippen molar-refractivity contribution in [3.63, 3.8) is 0 Å². The fourth-order valence-electron chi connectivity index (χ4n) is 3.73. The monoisotopic (exact) mass is 192 g/mol. The molecule has 1 saturated carbocycles. The summed E-state index contributed by atoms with van der Waals surface area (Å²) in [6, 6.07) is 0. The van der Waals surface area contributed by atoms with Gasteiger partial charge in [0.2, 0.25) is 0 Å². The summed E-state index contributed by atoms with van der Waals surface area (Å²) in [6.07, 6.45) is 8.54. The van der Waals surface area contributed by atoms with E-state index in [2.05, 4.69) is 27.7 Å². The summed E-state index contributed by atoms with van der Waals surface area (Å²) in [4.78, 5) is 0. The van der Waals surface area contributed by atoms with Crippen molar-refractivity contribution in [1.29, 1.82) is 0 Å². The fraction of sp³-hybridized carbons (Fsp3) is 0.857. The molecule has 0 aromatic carbocycles. The Morgan fingerprint density at radius 3 is 2.29 bits per heavy atom. The topological polar surface area (TPSA) is 0 Å². The first-order chi connectivity index (χ1) is 6.50. The molecule has 0 bridgehead atoms. The van der Waals surface area contributed by atoms with Gasteiger partial charge in [0.1, 0.15) is 0 Å². The average molecular weight is 192 g/mol. The summed E-state index contributed by atoms with van der Waals surface area (Å²) in [5.74, 6) is 0. The third-order valence-corrected chi connectivity index (χ3v) is 5.51. The minimum atomic E-state index is 0.521. The molecule has 1 fully saturated rings. The van der Waals surface area contributed by atoms with E-state index >= 15 is 0 Å². The summed E-state index contributed by atoms with van der Waals surface area (Å²) < 4.78 is 0. The predicted molar refractivity (Wildman–Crippen MR) is 62.3 cm³/mol. The Morgan fingerprint density at radius 2 is 1.57 bits per heavy atom. The molecule has 0 heterocycles. The molecular weight excluding hydrogens is 168 g/mol. The van der Waals surface area contributed by atoms with Crippen LogP contribution in [0.15, 0.2) is 11.1 Å². The third-order valence-electron chi connectivity index (χ3n) is 5.51. The normalized spacial score (nSPS) is 43.7. The zero-order valence-corrected chi connectivity index (χ0v) is 10.2. The molecule has 0 aliphatic heterocycles. The second-order valence-corrected chi connectivity index (χ2v) is 6.01. The van der Waals surface area contributed by atoms with Gasteiger partial charge in [-0.1, -0.05) is 37.8 Å². The van der Waals surface area contributed by atoms with Crippen LogP contribution in [0.25, 0.3) is 0 Å². The summed E-state index contributed by atoms with van der Waals surface area (Å²) in [7, 11) is 0. The van der Waals surface area contributed by atoms with Crippen LogP contribution in [0, 0.1) is 10.8 Å². The van der Waals surface area contributed by atoms with Crippen LogP contribution in [0.3, 0.4) is 0 Å². The molecule has 14 heavy (non-hydrogen) atoms. The first-order valence-electron chi connectivity index (χ1n) is 6.16. The number of hydrogen-bond acceptors (Lipinski definition) is 0. The molecule has 0 saturated heterocycles. The number of hydrogen-bond donors (Lipinski definition) is 0. The lowest BCUT2D eigenvalue weighted by atomic mass is 9.50. The summed E-state index contributed by atoms with van der Waals surface area (Å²) in [5.41, 5.74) is 4.51. The van der Waals surface area contributed by atoms with Crippen molar-refractivity contribution in [3.05, 3.63) is 11.1 Å². The van der Waals surface area contributed by atoms with Gasteiger partial charge in [0.25, 0.3) is 0 Å². The Hall–Kier alpha value is -0.260. The quantitative estimate of drug-likeness (QED) is 0.488. The number of allylic oxidation sites excluding steroid dienone is 2. The highest BCUT2D eigenvalue weighted by Crippen LogP contribution is 2.60. The van der Waals surface area contributed by atoms with Gasteiger partial charge in [0, 0.05) is 0 Å². The van der Waals surface area contributed by atoms with Crippen LogP contribution in [0.4, 0.5) is 0 Å². The van der Waals surface area contributed by atoms with Crippen molar-refractivity contribution in [2.75, 3.05) is 0 Å². The Bertz CT molecular complexity index is 274. The predicted octanol–water partition coefficient (Wildman–Crippen LogP) is 4.70. The average Bonchev–Trinajstić information content (AvgIpc) is 2.16. The van der Waals surface area contributed by atoms with Gasteiger partial charge in [-0.05, 0) is 50.4 Å². The van der Waals surface area contributed by atoms with Gasteiger partial charge in [0.05, 0.1) is 0 Å². The van der Waals surface area contributed by atoms with Gasteiger partial charge < -0.3 is 0 Å². The molecule has 2 atom stereocenters. The molecule has 0 heteroatoms. The van der Waals surface area contributed by atoms with Crippen LogP contribution < -0.4 is 0 Å². The second kappa shape index (κ2) is 3.12. The largest absolute Gasteiger partial charge is 0.0738 e. The Morgan fingerprint density at radius 1 is 0.929 bits per heavy atom. The maximum absolute atomic E-state index is 2.53. The van der Waals surface area contributed by atoms with Crippen molar-refractivity contribution in [2.24, 2.45) is 10.8 Å². The maximum atomic E-state index is 2.53. The van der Waals surface area contributed by atoms with Crippen LogP contribution in [0.2, 0.25) is 0 Å². The summed E-state index contributed by atoms with van der Waals surface area (Å²) in [6.45, 7) is 9.78. The molecule has 0 aromatic heterocycles. The lowest BCUT2D eigenvalue weighted by molar-refractivity contribution is 0.0300. The van der Waals surface area contributed by atoms with Gasteiger partial charge >= 0.3 is 0 Å². The van der Waals surface area contributed by atoms with Crippen molar-refractivity contribution in [3.8, 4) is 0 Å². The van der Waals surface area contributed by atoms with Crippen LogP contribution in [-0.2, 0) is 0 Å². The molecule has 0 nitrogen and oxygen atoms in total. The van der Waals surface area contributed by atoms with Crippen molar-refractivity contribution < 1.29 is 0 Å². The highest BCUT2D eigenvalue weighted by Gasteiger charge is 2.48. The van der Waals surface area contributed by atoms with E-state index in [1.54, 1.807) is 11.1 Å². The van der Waals surface area contributed by atoms with Crippen LogP contribution >= 0.6 is 0 Å². The van der Waals surface area contributed by atoms with E-state index in [9.17, 15) is 0 Å². The molecule has 0 amide bonds. The maximum Gasteiger partial charge on any atom is -0.00627 e. The van der Waals surface area contributed by atoms with Crippen molar-refractivity contribution in [1.82, 2.24) is 0 Å². The lowest BCUT2D eigenvalue weighted by Gasteiger charge is -2.54. The molecule has 1 unspecified atom stereocenters. The van der Waals surface area contributed by atoms with E-state index in [1.807, 2.05) is 0 Å². The van der Waals surface area contributed by atoms with E-state index in [-0.39, 0.29) is 0 Å². The fourth-order valence-corrected chi connectivity index (χ4v) is 3.73. The van der Waals surface area contributed by atoms with Crippen molar-refractivity contribution in [2.45, 2.75) is 66.2 Å². The van der Waals surface area contributed by atoms with E-state index in [1.165, 1.54) is 38.5 Å². The zero-order valence-electron chi connectivity index (χ0n) is 10.2. The molecule has 2 aliphatic rings. The SMILES string of the molecule is CC1=C(C)C2(C)CCCC[C@]2(C)CC1. The summed E-state index contributed by atoms with van der Waals surface area (Å²) in [5, 5.41) is 0. The molecule has 2 aliphatic carbocycles. The molecule has 0 N–H and O–H groups in total. The first-order valence-corrected chi connectivity index (χ1v) is 6.16. The molecular formula is C14H24. The van der Waals surface area contributed by atoms with Gasteiger partial charge in [-0.3, -0.25) is 0 Å². The third kappa shape index (κ3) is 1.19. The Labute approximate surface area is 88.8 Å². The zero-order chi connectivity index (χ0) is 10.4. The standard InChI is InChI=1S/C14H24/c1-11-7-10-13(3)8-5-6-9-14(13,4)12(11)2/h5-10H2,1-4H3/t13-,14?/m1/s1. The molecule has 0 radical (unpaired) electrons. The van der Waals surface area contributed by atoms with E-state index in [0.29, 0.717) is 10.8 Å². The van der Waals surface area contributed by atoms with Gasteiger partial charge in [-0.15, -0.1) is 0 Å². The van der Waals surface area contributed by atoms with Crippen LogP contribution in [0.1, 0.15) is 66.2 Å². The van der Waals surface area contributed by atoms with E-state index < -0.39 is 0 Å². The highest BCUT2D eigenvalue weighted by molar-refractivity contribution is 5.26. The number of rotatable bonds is 0. The second-order valence-electron chi connectivity index (χ2n) is 6.01. The van der Waals surface area contributed by atoms with Gasteiger partial charge in [-0.25, -0.2) is 0 Å². The Kier molecular flexibility index (Phi) is 2.28. The minimum Gasteiger partial charge on any atom is -0.0738 e. The lowest BCUT2D eigenvalue weighted by Crippen LogP contribution is -2.44. The van der Waals surface area contributed by atoms with E-state index in [0.717, 1.165) is 0 Å². The van der Waals surface area contributed by atoms with Crippen LogP contribution in [-0.4, -0.2) is 0 Å². The summed E-state index contributed by atoms with van der Waals surface area (Å²) >= 11 is 0. The molecule has 0 aromatic rings. The van der Waals surface area contributed by atoms with Gasteiger partial charge in [-0.2, -0.15) is 0 Å². The number of fused-ring (bicyclic) bond motifs is 1. The first kappa shape index (κ1) is 10.3. The molecule has 80 valence electrons. The van der Waals surface area contributed by atoms with E-state index in [4.69, 9.17) is 0 Å². The van der Waals surface area contributed by atoms with Crippen LogP contribution in [0.5, 0.6) is 0 Å². The molecule has 2 rings (SSSR count). The smallest absolute Gasteiger partial charge is 0.00627 e.